The molecule has 0 bridgehead atoms. The number of piperidine rings is 1. The highest BCUT2D eigenvalue weighted by atomic mass is 32.1. The summed E-state index contributed by atoms with van der Waals surface area (Å²) in [5, 5.41) is 8.21. The summed E-state index contributed by atoms with van der Waals surface area (Å²) >= 11 is 1.67. The zero-order valence-corrected chi connectivity index (χ0v) is 16.4. The van der Waals surface area contributed by atoms with E-state index in [9.17, 15) is 9.59 Å². The molecule has 144 valence electrons. The summed E-state index contributed by atoms with van der Waals surface area (Å²) in [7, 11) is 0. The molecule has 0 N–H and O–H groups in total. The van der Waals surface area contributed by atoms with Crippen molar-refractivity contribution >= 4 is 23.2 Å². The molecule has 27 heavy (non-hydrogen) atoms. The second-order valence-corrected chi connectivity index (χ2v) is 8.43. The van der Waals surface area contributed by atoms with Gasteiger partial charge in [0.15, 0.2) is 0 Å². The highest BCUT2D eigenvalue weighted by Gasteiger charge is 2.58. The van der Waals surface area contributed by atoms with Crippen molar-refractivity contribution in [2.45, 2.75) is 51.7 Å². The molecule has 4 rings (SSSR count). The van der Waals surface area contributed by atoms with E-state index in [0.29, 0.717) is 25.6 Å². The molecule has 0 unspecified atom stereocenters. The van der Waals surface area contributed by atoms with Crippen LogP contribution in [0.15, 0.2) is 29.5 Å². The third kappa shape index (κ3) is 3.90. The summed E-state index contributed by atoms with van der Waals surface area (Å²) in [6.45, 7) is 4.52. The lowest BCUT2D eigenvalue weighted by molar-refractivity contribution is -0.134. The molecule has 3 heterocycles. The molecule has 8 heteroatoms. The lowest BCUT2D eigenvalue weighted by atomic mass is 9.92. The Hall–Kier alpha value is -2.22. The lowest BCUT2D eigenvalue weighted by Gasteiger charge is -2.34. The number of hydrogen-bond acceptors (Lipinski definition) is 5. The molecular weight excluding hydrogens is 362 g/mol. The molecule has 7 nitrogen and oxygen atoms in total. The van der Waals surface area contributed by atoms with Crippen molar-refractivity contribution in [2.24, 2.45) is 5.41 Å². The summed E-state index contributed by atoms with van der Waals surface area (Å²) in [5.41, 5.74) is 1.42. The molecule has 2 fully saturated rings. The van der Waals surface area contributed by atoms with Crippen LogP contribution >= 0.6 is 11.3 Å². The van der Waals surface area contributed by atoms with Crippen LogP contribution in [-0.2, 0) is 22.7 Å². The van der Waals surface area contributed by atoms with Gasteiger partial charge in [0.1, 0.15) is 12.7 Å². The summed E-state index contributed by atoms with van der Waals surface area (Å²) in [6, 6.07) is 2.41. The average Bonchev–Trinajstić information content (AvgIpc) is 3.08. The fourth-order valence-electron chi connectivity index (χ4n) is 4.24. The molecule has 1 aliphatic heterocycles. The maximum Gasteiger partial charge on any atom is 0.224 e. The van der Waals surface area contributed by atoms with Crippen molar-refractivity contribution in [3.63, 3.8) is 0 Å². The van der Waals surface area contributed by atoms with Gasteiger partial charge in [-0.2, -0.15) is 16.4 Å². The van der Waals surface area contributed by atoms with Gasteiger partial charge in [-0.15, -0.1) is 0 Å². The van der Waals surface area contributed by atoms with Gasteiger partial charge in [-0.05, 0) is 47.1 Å². The van der Waals surface area contributed by atoms with Gasteiger partial charge in [0.2, 0.25) is 11.8 Å². The molecular formula is C19H25N5O2S. The van der Waals surface area contributed by atoms with E-state index in [1.807, 2.05) is 9.80 Å². The molecule has 1 spiro atoms. The fraction of sp³-hybridized carbons (Fsp3) is 0.579. The Morgan fingerprint density at radius 2 is 2.19 bits per heavy atom. The van der Waals surface area contributed by atoms with Gasteiger partial charge in [-0.1, -0.05) is 0 Å². The van der Waals surface area contributed by atoms with Crippen molar-refractivity contribution in [3.8, 4) is 0 Å². The number of aryl methyl sites for hydroxylation is 1. The van der Waals surface area contributed by atoms with E-state index in [1.165, 1.54) is 11.9 Å². The third-order valence-corrected chi connectivity index (χ3v) is 6.73. The van der Waals surface area contributed by atoms with Crippen LogP contribution in [0.3, 0.4) is 0 Å². The quantitative estimate of drug-likeness (QED) is 0.762. The van der Waals surface area contributed by atoms with Crippen LogP contribution in [-0.4, -0.2) is 55.5 Å². The molecule has 2 amide bonds. The number of likely N-dealkylation sites (tertiary alicyclic amines) is 1. The highest BCUT2D eigenvalue weighted by molar-refractivity contribution is 7.07. The first-order chi connectivity index (χ1) is 13.1. The monoisotopic (exact) mass is 387 g/mol. The van der Waals surface area contributed by atoms with Crippen LogP contribution in [0.25, 0.3) is 0 Å². The predicted octanol–water partition coefficient (Wildman–Crippen LogP) is 2.16. The number of thiophene rings is 1. The Balaban J connectivity index is 1.29. The van der Waals surface area contributed by atoms with Crippen molar-refractivity contribution < 1.29 is 9.59 Å². The summed E-state index contributed by atoms with van der Waals surface area (Å²) in [4.78, 5) is 32.6. The molecule has 2 aromatic rings. The van der Waals surface area contributed by atoms with Crippen molar-refractivity contribution in [1.29, 1.82) is 0 Å². The first-order valence-electron chi connectivity index (χ1n) is 9.46. The van der Waals surface area contributed by atoms with Gasteiger partial charge in [0.25, 0.3) is 0 Å². The van der Waals surface area contributed by atoms with E-state index in [-0.39, 0.29) is 17.2 Å². The number of rotatable bonds is 6. The zero-order valence-electron chi connectivity index (χ0n) is 15.6. The predicted molar refractivity (Wildman–Crippen MR) is 102 cm³/mol. The van der Waals surface area contributed by atoms with Gasteiger partial charge in [0.05, 0.1) is 6.54 Å². The molecule has 1 saturated carbocycles. The molecule has 0 radical (unpaired) electrons. The van der Waals surface area contributed by atoms with Crippen LogP contribution in [0.1, 0.15) is 38.2 Å². The van der Waals surface area contributed by atoms with E-state index in [2.05, 4.69) is 26.9 Å². The number of aromatic nitrogens is 3. The molecule has 2 aromatic heterocycles. The van der Waals surface area contributed by atoms with Crippen LogP contribution in [0, 0.1) is 5.41 Å². The van der Waals surface area contributed by atoms with E-state index in [1.54, 1.807) is 29.3 Å². The van der Waals surface area contributed by atoms with E-state index in [0.717, 1.165) is 32.4 Å². The third-order valence-electron chi connectivity index (χ3n) is 5.99. The summed E-state index contributed by atoms with van der Waals surface area (Å²) in [5.74, 6) is 0.327. The Morgan fingerprint density at radius 3 is 2.81 bits per heavy atom. The molecule has 2 aliphatic rings. The Bertz CT molecular complexity index is 781. The SMILES string of the molecule is CC(=O)N(Cc1ccsc1)[C@@H]1CC12CCN(C(=O)CCn1cncn1)CC2. The Morgan fingerprint density at radius 1 is 1.37 bits per heavy atom. The normalized spacial score (nSPS) is 20.6. The van der Waals surface area contributed by atoms with Gasteiger partial charge in [-0.3, -0.25) is 14.3 Å². The van der Waals surface area contributed by atoms with Crippen molar-refractivity contribution in [1.82, 2.24) is 24.6 Å². The smallest absolute Gasteiger partial charge is 0.224 e. The van der Waals surface area contributed by atoms with E-state index in [4.69, 9.17) is 0 Å². The number of hydrogen-bond donors (Lipinski definition) is 0. The maximum atomic E-state index is 12.5. The largest absolute Gasteiger partial charge is 0.343 e. The summed E-state index contributed by atoms with van der Waals surface area (Å²) < 4.78 is 1.69. The molecule has 0 aromatic carbocycles. The highest BCUT2D eigenvalue weighted by Crippen LogP contribution is 2.57. The van der Waals surface area contributed by atoms with Gasteiger partial charge in [0, 0.05) is 39.0 Å². The standard InChI is InChI=1S/C19H25N5O2S/c1-15(25)24(11-16-3-9-27-12-16)17-10-19(17)4-7-22(8-5-19)18(26)2-6-23-14-20-13-21-23/h3,9,12-14,17H,2,4-8,10-11H2,1H3/t17-/m1/s1. The topological polar surface area (TPSA) is 71.3 Å². The van der Waals surface area contributed by atoms with Gasteiger partial charge in [-0.25, -0.2) is 4.98 Å². The van der Waals surface area contributed by atoms with Crippen LogP contribution in [0.5, 0.6) is 0 Å². The van der Waals surface area contributed by atoms with E-state index < -0.39 is 0 Å². The fourth-order valence-corrected chi connectivity index (χ4v) is 4.90. The first-order valence-corrected chi connectivity index (χ1v) is 10.4. The Kier molecular flexibility index (Phi) is 4.99. The van der Waals surface area contributed by atoms with Crippen molar-refractivity contribution in [3.05, 3.63) is 35.0 Å². The minimum absolute atomic E-state index is 0.148. The zero-order chi connectivity index (χ0) is 18.9. The second kappa shape index (κ2) is 7.42. The van der Waals surface area contributed by atoms with E-state index >= 15 is 0 Å². The number of carbonyl (C=O) groups excluding carboxylic acids is 2. The molecule has 1 atom stereocenters. The number of nitrogens with zero attached hydrogens (tertiary/aromatic N) is 5. The Labute approximate surface area is 163 Å². The van der Waals surface area contributed by atoms with Crippen LogP contribution in [0.2, 0.25) is 0 Å². The van der Waals surface area contributed by atoms with Crippen LogP contribution < -0.4 is 0 Å². The average molecular weight is 388 g/mol. The number of carbonyl (C=O) groups is 2. The number of amides is 2. The second-order valence-electron chi connectivity index (χ2n) is 7.65. The summed E-state index contributed by atoms with van der Waals surface area (Å²) in [6.07, 6.45) is 6.62. The minimum Gasteiger partial charge on any atom is -0.343 e. The van der Waals surface area contributed by atoms with Crippen molar-refractivity contribution in [2.75, 3.05) is 13.1 Å². The van der Waals surface area contributed by atoms with Gasteiger partial charge < -0.3 is 9.80 Å². The van der Waals surface area contributed by atoms with Crippen LogP contribution in [0.4, 0.5) is 0 Å². The lowest BCUT2D eigenvalue weighted by Crippen LogP contribution is -2.42. The molecule has 1 saturated heterocycles. The first kappa shape index (κ1) is 18.2. The molecule has 1 aliphatic carbocycles. The van der Waals surface area contributed by atoms with Gasteiger partial charge >= 0.3 is 0 Å². The minimum atomic E-state index is 0.148. The maximum absolute atomic E-state index is 12.5.